The highest BCUT2D eigenvalue weighted by Crippen LogP contribution is 2.30. The van der Waals surface area contributed by atoms with E-state index >= 15 is 0 Å². The molecule has 0 saturated carbocycles. The minimum Gasteiger partial charge on any atom is -0.253 e. The third-order valence-corrected chi connectivity index (χ3v) is 5.67. The zero-order valence-corrected chi connectivity index (χ0v) is 19.0. The molecule has 0 aliphatic rings. The Labute approximate surface area is 190 Å². The lowest BCUT2D eigenvalue weighted by Crippen LogP contribution is -2.01. The van der Waals surface area contributed by atoms with Crippen LogP contribution in [0.15, 0.2) is 72.9 Å². The lowest BCUT2D eigenvalue weighted by molar-refractivity contribution is 0.795. The average molecular weight is 423 g/mol. The predicted molar refractivity (Wildman–Crippen MR) is 131 cm³/mol. The molecule has 0 aliphatic carbocycles. The number of nitrogens with zero attached hydrogens (tertiary/aromatic N) is 4. The van der Waals surface area contributed by atoms with Crippen LogP contribution in [0.5, 0.6) is 0 Å². The van der Waals surface area contributed by atoms with E-state index in [0.717, 1.165) is 41.1 Å². The van der Waals surface area contributed by atoms with Gasteiger partial charge in [-0.3, -0.25) is 4.98 Å². The Hall–Kier alpha value is -3.40. The second-order valence-corrected chi connectivity index (χ2v) is 8.15. The maximum atomic E-state index is 4.92. The van der Waals surface area contributed by atoms with Crippen LogP contribution in [-0.4, -0.2) is 20.2 Å². The van der Waals surface area contributed by atoms with Crippen molar-refractivity contribution in [2.45, 2.75) is 52.4 Å². The van der Waals surface area contributed by atoms with Crippen LogP contribution in [0, 0.1) is 0 Å². The molecule has 2 aromatic heterocycles. The second kappa shape index (κ2) is 10.8. The Bertz CT molecular complexity index is 1120. The smallest absolute Gasteiger partial charge is 0.201 e. The Morgan fingerprint density at radius 2 is 1.22 bits per heavy atom. The van der Waals surface area contributed by atoms with Gasteiger partial charge in [0.05, 0.1) is 0 Å². The molecule has 4 heteroatoms. The molecule has 4 nitrogen and oxygen atoms in total. The topological polar surface area (TPSA) is 51.6 Å². The fourth-order valence-electron chi connectivity index (χ4n) is 3.75. The van der Waals surface area contributed by atoms with Crippen LogP contribution in [0.1, 0.15) is 50.7 Å². The summed E-state index contributed by atoms with van der Waals surface area (Å²) >= 11 is 0. The highest BCUT2D eigenvalue weighted by molar-refractivity contribution is 5.78. The van der Waals surface area contributed by atoms with E-state index in [0.29, 0.717) is 5.82 Å². The average Bonchev–Trinajstić information content (AvgIpc) is 2.87. The van der Waals surface area contributed by atoms with Crippen LogP contribution in [0.3, 0.4) is 0 Å². The number of rotatable bonds is 9. The first-order valence-electron chi connectivity index (χ1n) is 11.6. The molecule has 162 valence electrons. The first-order valence-corrected chi connectivity index (χ1v) is 11.6. The van der Waals surface area contributed by atoms with Gasteiger partial charge in [-0.05, 0) is 48.9 Å². The van der Waals surface area contributed by atoms with Crippen LogP contribution in [0.2, 0.25) is 0 Å². The largest absolute Gasteiger partial charge is 0.253 e. The Kier molecular flexibility index (Phi) is 7.34. The maximum absolute atomic E-state index is 4.92. The Morgan fingerprint density at radius 1 is 0.625 bits per heavy atom. The van der Waals surface area contributed by atoms with Gasteiger partial charge in [-0.25, -0.2) is 4.98 Å². The monoisotopic (exact) mass is 422 g/mol. The number of benzene rings is 2. The van der Waals surface area contributed by atoms with E-state index in [1.807, 2.05) is 18.2 Å². The molecule has 32 heavy (non-hydrogen) atoms. The molecule has 0 spiro atoms. The lowest BCUT2D eigenvalue weighted by atomic mass is 10.00. The summed E-state index contributed by atoms with van der Waals surface area (Å²) in [5.74, 6) is 0.541. The molecule has 2 aromatic carbocycles. The molecule has 0 bridgehead atoms. The first kappa shape index (κ1) is 21.8. The van der Waals surface area contributed by atoms with E-state index in [-0.39, 0.29) is 0 Å². The number of hydrogen-bond acceptors (Lipinski definition) is 4. The van der Waals surface area contributed by atoms with Crippen LogP contribution in [0.25, 0.3) is 34.0 Å². The fourth-order valence-corrected chi connectivity index (χ4v) is 3.75. The van der Waals surface area contributed by atoms with Crippen LogP contribution in [0.4, 0.5) is 0 Å². The van der Waals surface area contributed by atoms with Crippen molar-refractivity contribution < 1.29 is 0 Å². The molecular weight excluding hydrogens is 392 g/mol. The molecule has 0 unspecified atom stereocenters. The molecule has 0 saturated heterocycles. The number of aryl methyl sites for hydroxylation is 2. The van der Waals surface area contributed by atoms with Crippen molar-refractivity contribution in [1.82, 2.24) is 20.2 Å². The highest BCUT2D eigenvalue weighted by Gasteiger charge is 2.15. The van der Waals surface area contributed by atoms with E-state index in [1.54, 1.807) is 6.20 Å². The summed E-state index contributed by atoms with van der Waals surface area (Å²) in [5, 5.41) is 9.03. The van der Waals surface area contributed by atoms with Crippen molar-refractivity contribution in [3.63, 3.8) is 0 Å². The van der Waals surface area contributed by atoms with Crippen molar-refractivity contribution in [2.75, 3.05) is 0 Å². The summed E-state index contributed by atoms with van der Waals surface area (Å²) in [4.78, 5) is 9.33. The number of aromatic nitrogens is 4. The third kappa shape index (κ3) is 5.25. The van der Waals surface area contributed by atoms with Gasteiger partial charge in [0.1, 0.15) is 17.1 Å². The minimum absolute atomic E-state index is 0.541. The summed E-state index contributed by atoms with van der Waals surface area (Å²) in [7, 11) is 0. The first-order chi connectivity index (χ1) is 15.8. The highest BCUT2D eigenvalue weighted by atomic mass is 15.2. The van der Waals surface area contributed by atoms with Crippen molar-refractivity contribution in [2.24, 2.45) is 0 Å². The maximum Gasteiger partial charge on any atom is 0.201 e. The zero-order chi connectivity index (χ0) is 22.2. The van der Waals surface area contributed by atoms with Gasteiger partial charge >= 0.3 is 0 Å². The number of unbranched alkanes of at least 4 members (excludes halogenated alkanes) is 2. The number of pyridine rings is 1. The lowest BCUT2D eigenvalue weighted by Gasteiger charge is -2.11. The minimum atomic E-state index is 0.541. The van der Waals surface area contributed by atoms with Gasteiger partial charge in [0.15, 0.2) is 0 Å². The summed E-state index contributed by atoms with van der Waals surface area (Å²) < 4.78 is 0. The fraction of sp³-hybridized carbons (Fsp3) is 0.286. The third-order valence-electron chi connectivity index (χ3n) is 5.67. The van der Waals surface area contributed by atoms with E-state index in [1.165, 1.54) is 36.8 Å². The van der Waals surface area contributed by atoms with Gasteiger partial charge in [0, 0.05) is 17.3 Å². The molecule has 0 N–H and O–H groups in total. The SMILES string of the molecule is CCCCc1ccc(-c2nnc(-c3ccccn3)nc2-c2ccc(CCCC)cc2)cc1. The standard InChI is InChI=1S/C28H30N4/c1-3-5-9-21-12-16-23(17-13-21)26-27(24-18-14-22(15-19-24)10-6-4-2)31-32-28(30-26)25-11-7-8-20-29-25/h7-8,11-20H,3-6,9-10H2,1-2H3. The van der Waals surface area contributed by atoms with Gasteiger partial charge in [-0.1, -0.05) is 81.3 Å². The summed E-state index contributed by atoms with van der Waals surface area (Å²) in [6.07, 6.45) is 8.76. The molecular formula is C28H30N4. The molecule has 4 rings (SSSR count). The van der Waals surface area contributed by atoms with E-state index in [2.05, 4.69) is 77.6 Å². The Balaban J connectivity index is 1.74. The van der Waals surface area contributed by atoms with Gasteiger partial charge in [-0.2, -0.15) is 0 Å². The molecule has 0 aliphatic heterocycles. The van der Waals surface area contributed by atoms with E-state index in [9.17, 15) is 0 Å². The van der Waals surface area contributed by atoms with E-state index in [4.69, 9.17) is 4.98 Å². The predicted octanol–water partition coefficient (Wildman–Crippen LogP) is 6.95. The summed E-state index contributed by atoms with van der Waals surface area (Å²) in [6, 6.07) is 23.1. The van der Waals surface area contributed by atoms with Crippen molar-refractivity contribution in [1.29, 1.82) is 0 Å². The molecule has 2 heterocycles. The summed E-state index contributed by atoms with van der Waals surface area (Å²) in [6.45, 7) is 4.44. The van der Waals surface area contributed by atoms with Gasteiger partial charge in [0.2, 0.25) is 5.82 Å². The molecule has 0 radical (unpaired) electrons. The second-order valence-electron chi connectivity index (χ2n) is 8.15. The normalized spacial score (nSPS) is 10.9. The van der Waals surface area contributed by atoms with Crippen molar-refractivity contribution >= 4 is 0 Å². The molecule has 0 atom stereocenters. The summed E-state index contributed by atoms with van der Waals surface area (Å²) in [5.41, 5.74) is 7.14. The van der Waals surface area contributed by atoms with E-state index < -0.39 is 0 Å². The van der Waals surface area contributed by atoms with Crippen LogP contribution < -0.4 is 0 Å². The van der Waals surface area contributed by atoms with Crippen molar-refractivity contribution in [3.05, 3.63) is 84.1 Å². The van der Waals surface area contributed by atoms with Gasteiger partial charge in [0.25, 0.3) is 0 Å². The van der Waals surface area contributed by atoms with Crippen LogP contribution >= 0.6 is 0 Å². The number of hydrogen-bond donors (Lipinski definition) is 0. The quantitative estimate of drug-likeness (QED) is 0.293. The molecule has 0 fully saturated rings. The van der Waals surface area contributed by atoms with Crippen molar-refractivity contribution in [3.8, 4) is 34.0 Å². The Morgan fingerprint density at radius 3 is 1.75 bits per heavy atom. The van der Waals surface area contributed by atoms with Crippen LogP contribution in [-0.2, 0) is 12.8 Å². The van der Waals surface area contributed by atoms with Gasteiger partial charge < -0.3 is 0 Å². The van der Waals surface area contributed by atoms with Gasteiger partial charge in [-0.15, -0.1) is 10.2 Å². The molecule has 0 amide bonds. The molecule has 4 aromatic rings. The zero-order valence-electron chi connectivity index (χ0n) is 19.0.